The van der Waals surface area contributed by atoms with Crippen molar-refractivity contribution in [3.63, 3.8) is 0 Å². The largest absolute Gasteiger partial charge is 0.377 e. The number of hydrogen-bond acceptors (Lipinski definition) is 5. The molecule has 1 atom stereocenters. The number of aryl methyl sites for hydroxylation is 1. The zero-order valence-electron chi connectivity index (χ0n) is 19.4. The maximum Gasteiger partial charge on any atom is 0.191 e. The molecule has 0 saturated heterocycles. The Morgan fingerprint density at radius 1 is 1.23 bits per heavy atom. The SMILES string of the molecule is CCNC(=NCc1ccccc1CN(CC)CC)NC1CCc2nc(COC)nn2C1. The van der Waals surface area contributed by atoms with Crippen LogP contribution in [-0.4, -0.2) is 58.4 Å². The van der Waals surface area contributed by atoms with Gasteiger partial charge in [-0.2, -0.15) is 5.10 Å². The van der Waals surface area contributed by atoms with Crippen molar-refractivity contribution >= 4 is 5.96 Å². The van der Waals surface area contributed by atoms with Crippen LogP contribution in [0.3, 0.4) is 0 Å². The lowest BCUT2D eigenvalue weighted by atomic mass is 10.1. The highest BCUT2D eigenvalue weighted by Gasteiger charge is 2.22. The lowest BCUT2D eigenvalue weighted by Gasteiger charge is -2.25. The van der Waals surface area contributed by atoms with Gasteiger partial charge in [-0.1, -0.05) is 38.1 Å². The first-order chi connectivity index (χ1) is 15.2. The minimum Gasteiger partial charge on any atom is -0.377 e. The van der Waals surface area contributed by atoms with Gasteiger partial charge in [-0.25, -0.2) is 14.7 Å². The number of aromatic nitrogens is 3. The number of guanidine groups is 1. The number of methoxy groups -OCH3 is 1. The average molecular weight is 428 g/mol. The molecule has 0 saturated carbocycles. The first kappa shape index (κ1) is 23.2. The summed E-state index contributed by atoms with van der Waals surface area (Å²) in [6, 6.07) is 8.89. The number of ether oxygens (including phenoxy) is 1. The molecule has 2 aromatic rings. The molecule has 2 N–H and O–H groups in total. The molecule has 170 valence electrons. The van der Waals surface area contributed by atoms with E-state index in [9.17, 15) is 0 Å². The van der Waals surface area contributed by atoms with Crippen molar-refractivity contribution in [3.05, 3.63) is 47.0 Å². The monoisotopic (exact) mass is 427 g/mol. The van der Waals surface area contributed by atoms with Crippen molar-refractivity contribution in [1.29, 1.82) is 0 Å². The van der Waals surface area contributed by atoms with Crippen LogP contribution in [0.4, 0.5) is 0 Å². The van der Waals surface area contributed by atoms with Crippen LogP contribution in [0.1, 0.15) is 50.0 Å². The van der Waals surface area contributed by atoms with Gasteiger partial charge in [0.2, 0.25) is 0 Å². The van der Waals surface area contributed by atoms with Gasteiger partial charge in [0.05, 0.1) is 13.1 Å². The molecule has 0 aliphatic carbocycles. The lowest BCUT2D eigenvalue weighted by Crippen LogP contribution is -2.47. The van der Waals surface area contributed by atoms with Crippen LogP contribution in [0.15, 0.2) is 29.3 Å². The highest BCUT2D eigenvalue weighted by Crippen LogP contribution is 2.15. The Morgan fingerprint density at radius 2 is 2.00 bits per heavy atom. The molecular formula is C23H37N7O. The van der Waals surface area contributed by atoms with E-state index in [1.54, 1.807) is 7.11 Å². The highest BCUT2D eigenvalue weighted by molar-refractivity contribution is 5.80. The van der Waals surface area contributed by atoms with E-state index in [4.69, 9.17) is 9.73 Å². The zero-order chi connectivity index (χ0) is 22.1. The van der Waals surface area contributed by atoms with E-state index in [-0.39, 0.29) is 6.04 Å². The normalized spacial score (nSPS) is 16.4. The predicted octanol–water partition coefficient (Wildman–Crippen LogP) is 2.34. The van der Waals surface area contributed by atoms with E-state index in [0.29, 0.717) is 13.2 Å². The summed E-state index contributed by atoms with van der Waals surface area (Å²) < 4.78 is 7.16. The average Bonchev–Trinajstić information content (AvgIpc) is 3.18. The van der Waals surface area contributed by atoms with Crippen molar-refractivity contribution in [2.75, 3.05) is 26.7 Å². The third-order valence-corrected chi connectivity index (χ3v) is 5.67. The predicted molar refractivity (Wildman–Crippen MR) is 124 cm³/mol. The van der Waals surface area contributed by atoms with Gasteiger partial charge in [-0.3, -0.25) is 4.90 Å². The standard InChI is InChI=1S/C23H37N7O/c1-5-24-23(25-14-18-10-8-9-11-19(18)15-29(6-2)7-3)26-20-12-13-22-27-21(17-31-4)28-30(22)16-20/h8-11,20H,5-7,12-17H2,1-4H3,(H2,24,25,26). The lowest BCUT2D eigenvalue weighted by molar-refractivity contribution is 0.177. The molecule has 8 heteroatoms. The molecule has 1 aliphatic heterocycles. The molecule has 1 unspecified atom stereocenters. The third-order valence-electron chi connectivity index (χ3n) is 5.67. The minimum atomic E-state index is 0.272. The van der Waals surface area contributed by atoms with Crippen molar-refractivity contribution in [1.82, 2.24) is 30.3 Å². The number of nitrogens with one attached hydrogen (secondary N) is 2. The maximum absolute atomic E-state index is 5.16. The van der Waals surface area contributed by atoms with Gasteiger partial charge in [0.15, 0.2) is 11.8 Å². The van der Waals surface area contributed by atoms with Gasteiger partial charge in [-0.15, -0.1) is 0 Å². The van der Waals surface area contributed by atoms with E-state index < -0.39 is 0 Å². The van der Waals surface area contributed by atoms with Gasteiger partial charge in [0.1, 0.15) is 12.4 Å². The molecule has 8 nitrogen and oxygen atoms in total. The maximum atomic E-state index is 5.16. The molecular weight excluding hydrogens is 390 g/mol. The van der Waals surface area contributed by atoms with Gasteiger partial charge < -0.3 is 15.4 Å². The molecule has 3 rings (SSSR count). The first-order valence-electron chi connectivity index (χ1n) is 11.4. The molecule has 1 aliphatic rings. The van der Waals surface area contributed by atoms with Crippen LogP contribution in [0, 0.1) is 0 Å². The van der Waals surface area contributed by atoms with Gasteiger partial charge in [-0.05, 0) is 37.6 Å². The number of nitrogens with zero attached hydrogens (tertiary/aromatic N) is 5. The minimum absolute atomic E-state index is 0.272. The highest BCUT2D eigenvalue weighted by atomic mass is 16.5. The van der Waals surface area contributed by atoms with Crippen LogP contribution in [0.2, 0.25) is 0 Å². The van der Waals surface area contributed by atoms with E-state index in [0.717, 1.165) is 63.2 Å². The molecule has 0 amide bonds. The number of rotatable bonds is 10. The second-order valence-electron chi connectivity index (χ2n) is 7.86. The fourth-order valence-corrected chi connectivity index (χ4v) is 3.90. The van der Waals surface area contributed by atoms with Crippen molar-refractivity contribution in [2.24, 2.45) is 4.99 Å². The van der Waals surface area contributed by atoms with E-state index >= 15 is 0 Å². The summed E-state index contributed by atoms with van der Waals surface area (Å²) in [6.07, 6.45) is 1.91. The number of hydrogen-bond donors (Lipinski definition) is 2. The van der Waals surface area contributed by atoms with E-state index in [2.05, 4.69) is 70.7 Å². The Balaban J connectivity index is 1.66. The van der Waals surface area contributed by atoms with E-state index in [1.807, 2.05) is 4.68 Å². The molecule has 31 heavy (non-hydrogen) atoms. The molecule has 0 spiro atoms. The van der Waals surface area contributed by atoms with Crippen molar-refractivity contribution in [2.45, 2.75) is 65.9 Å². The van der Waals surface area contributed by atoms with Crippen LogP contribution in [-0.2, 0) is 37.4 Å². The van der Waals surface area contributed by atoms with Crippen LogP contribution >= 0.6 is 0 Å². The topological polar surface area (TPSA) is 79.6 Å². The Kier molecular flexibility index (Phi) is 8.85. The summed E-state index contributed by atoms with van der Waals surface area (Å²) in [5, 5.41) is 11.6. The Bertz CT molecular complexity index is 844. The third kappa shape index (κ3) is 6.51. The van der Waals surface area contributed by atoms with Crippen LogP contribution in [0.25, 0.3) is 0 Å². The number of aliphatic imine (C=N–C) groups is 1. The Morgan fingerprint density at radius 3 is 2.71 bits per heavy atom. The van der Waals surface area contributed by atoms with Crippen molar-refractivity contribution in [3.8, 4) is 0 Å². The van der Waals surface area contributed by atoms with Crippen molar-refractivity contribution < 1.29 is 4.74 Å². The second kappa shape index (κ2) is 11.8. The summed E-state index contributed by atoms with van der Waals surface area (Å²) >= 11 is 0. The fraction of sp³-hybridized carbons (Fsp3) is 0.609. The summed E-state index contributed by atoms with van der Waals surface area (Å²) in [4.78, 5) is 11.9. The quantitative estimate of drug-likeness (QED) is 0.448. The summed E-state index contributed by atoms with van der Waals surface area (Å²) in [6.45, 7) is 12.3. The van der Waals surface area contributed by atoms with Crippen LogP contribution in [0.5, 0.6) is 0 Å². The Hall–Kier alpha value is -2.45. The molecule has 0 radical (unpaired) electrons. The molecule has 0 fully saturated rings. The zero-order valence-corrected chi connectivity index (χ0v) is 19.4. The summed E-state index contributed by atoms with van der Waals surface area (Å²) in [7, 11) is 1.67. The van der Waals surface area contributed by atoms with E-state index in [1.165, 1.54) is 11.1 Å². The molecule has 0 bridgehead atoms. The summed E-state index contributed by atoms with van der Waals surface area (Å²) in [5.74, 6) is 2.65. The summed E-state index contributed by atoms with van der Waals surface area (Å²) in [5.41, 5.74) is 2.62. The molecule has 2 heterocycles. The fourth-order valence-electron chi connectivity index (χ4n) is 3.90. The second-order valence-corrected chi connectivity index (χ2v) is 7.86. The van der Waals surface area contributed by atoms with Gasteiger partial charge >= 0.3 is 0 Å². The number of fused-ring (bicyclic) bond motifs is 1. The first-order valence-corrected chi connectivity index (χ1v) is 11.4. The van der Waals surface area contributed by atoms with Gasteiger partial charge in [0, 0.05) is 32.7 Å². The smallest absolute Gasteiger partial charge is 0.191 e. The number of benzene rings is 1. The molecule has 1 aromatic carbocycles. The van der Waals surface area contributed by atoms with Gasteiger partial charge in [0.25, 0.3) is 0 Å². The molecule has 1 aromatic heterocycles. The van der Waals surface area contributed by atoms with Crippen LogP contribution < -0.4 is 10.6 Å². The Labute approximate surface area is 186 Å².